The first-order valence-corrected chi connectivity index (χ1v) is 5.87. The maximum absolute atomic E-state index is 11.6. The first-order valence-electron chi connectivity index (χ1n) is 5.08. The van der Waals surface area contributed by atoms with Crippen LogP contribution in [0.25, 0.3) is 11.0 Å². The van der Waals surface area contributed by atoms with Crippen molar-refractivity contribution in [1.29, 1.82) is 0 Å². The van der Waals surface area contributed by atoms with Gasteiger partial charge in [-0.1, -0.05) is 0 Å². The topological polar surface area (TPSA) is 102 Å². The fourth-order valence-corrected chi connectivity index (χ4v) is 2.10. The van der Waals surface area contributed by atoms with Crippen LogP contribution in [-0.2, 0) is 4.79 Å². The number of carbonyl (C=O) groups excluding carboxylic acids is 1. The van der Waals surface area contributed by atoms with Gasteiger partial charge in [0.1, 0.15) is 5.69 Å². The lowest BCUT2D eigenvalue weighted by atomic mass is 10.2. The van der Waals surface area contributed by atoms with Crippen molar-refractivity contribution in [1.82, 2.24) is 0 Å². The Kier molecular flexibility index (Phi) is 3.34. The van der Waals surface area contributed by atoms with E-state index in [0.717, 1.165) is 0 Å². The maximum atomic E-state index is 11.6. The van der Waals surface area contributed by atoms with Gasteiger partial charge in [-0.15, -0.1) is 0 Å². The summed E-state index contributed by atoms with van der Waals surface area (Å²) in [5, 5.41) is 13.4. The lowest BCUT2D eigenvalue weighted by molar-refractivity contribution is -0.384. The molecular formula is C11H7BrN2O5. The lowest BCUT2D eigenvalue weighted by Gasteiger charge is -2.03. The molecule has 0 atom stereocenters. The monoisotopic (exact) mass is 326 g/mol. The molecule has 0 radical (unpaired) electrons. The van der Waals surface area contributed by atoms with E-state index in [1.54, 1.807) is 0 Å². The minimum absolute atomic E-state index is 0.0626. The number of benzene rings is 1. The van der Waals surface area contributed by atoms with Gasteiger partial charge in [-0.05, 0) is 22.0 Å². The van der Waals surface area contributed by atoms with E-state index in [1.165, 1.54) is 25.1 Å². The quantitative estimate of drug-likeness (QED) is 0.518. The third kappa shape index (κ3) is 2.63. The lowest BCUT2D eigenvalue weighted by Crippen LogP contribution is -2.14. The standard InChI is InChI=1S/C11H7BrN2O5/c1-5(15)13-9-3-6-2-7(14(17)18)4-8(12)10(6)19-11(9)16/h2-4H,1H3,(H,13,15). The second-order valence-electron chi connectivity index (χ2n) is 3.73. The van der Waals surface area contributed by atoms with Crippen molar-refractivity contribution < 1.29 is 14.1 Å². The molecule has 8 heteroatoms. The van der Waals surface area contributed by atoms with Crippen molar-refractivity contribution in [3.05, 3.63) is 43.2 Å². The van der Waals surface area contributed by atoms with E-state index in [0.29, 0.717) is 9.86 Å². The van der Waals surface area contributed by atoms with Crippen LogP contribution in [0.2, 0.25) is 0 Å². The van der Waals surface area contributed by atoms with Gasteiger partial charge in [0, 0.05) is 24.4 Å². The molecule has 0 saturated carbocycles. The number of hydrogen-bond acceptors (Lipinski definition) is 5. The highest BCUT2D eigenvalue weighted by Gasteiger charge is 2.14. The number of carbonyl (C=O) groups is 1. The van der Waals surface area contributed by atoms with E-state index >= 15 is 0 Å². The van der Waals surface area contributed by atoms with Crippen molar-refractivity contribution >= 4 is 44.2 Å². The van der Waals surface area contributed by atoms with Gasteiger partial charge in [0.05, 0.1) is 9.40 Å². The van der Waals surface area contributed by atoms with Gasteiger partial charge in [-0.2, -0.15) is 0 Å². The number of nitrogens with zero attached hydrogens (tertiary/aromatic N) is 1. The molecule has 0 bridgehead atoms. The zero-order chi connectivity index (χ0) is 14.2. The summed E-state index contributed by atoms with van der Waals surface area (Å²) in [5.74, 6) is -0.434. The van der Waals surface area contributed by atoms with Crippen LogP contribution in [-0.4, -0.2) is 10.8 Å². The fourth-order valence-electron chi connectivity index (χ4n) is 1.56. The molecule has 0 aliphatic rings. The third-order valence-corrected chi connectivity index (χ3v) is 2.88. The molecule has 1 heterocycles. The molecule has 1 aromatic carbocycles. The van der Waals surface area contributed by atoms with Crippen LogP contribution in [0.1, 0.15) is 6.92 Å². The summed E-state index contributed by atoms with van der Waals surface area (Å²) in [6.07, 6.45) is 0. The predicted molar refractivity (Wildman–Crippen MR) is 71.1 cm³/mol. The molecule has 0 aliphatic carbocycles. The van der Waals surface area contributed by atoms with Crippen LogP contribution in [0, 0.1) is 10.1 Å². The van der Waals surface area contributed by atoms with E-state index in [4.69, 9.17) is 4.42 Å². The molecule has 0 aliphatic heterocycles. The largest absolute Gasteiger partial charge is 0.420 e. The molecule has 0 spiro atoms. The average molecular weight is 327 g/mol. The number of non-ortho nitro benzene ring substituents is 1. The molecule has 2 aromatic rings. The fraction of sp³-hybridized carbons (Fsp3) is 0.0909. The van der Waals surface area contributed by atoms with Crippen LogP contribution in [0.5, 0.6) is 0 Å². The highest BCUT2D eigenvalue weighted by Crippen LogP contribution is 2.29. The third-order valence-electron chi connectivity index (χ3n) is 2.29. The molecule has 98 valence electrons. The van der Waals surface area contributed by atoms with E-state index < -0.39 is 16.5 Å². The molecule has 1 N–H and O–H groups in total. The normalized spacial score (nSPS) is 10.4. The Balaban J connectivity index is 2.72. The van der Waals surface area contributed by atoms with Crippen LogP contribution in [0.3, 0.4) is 0 Å². The number of anilines is 1. The predicted octanol–water partition coefficient (Wildman–Crippen LogP) is 2.42. The Morgan fingerprint density at radius 1 is 1.42 bits per heavy atom. The van der Waals surface area contributed by atoms with Crippen molar-refractivity contribution in [3.8, 4) is 0 Å². The molecular weight excluding hydrogens is 320 g/mol. The Morgan fingerprint density at radius 3 is 2.68 bits per heavy atom. The number of hydrogen-bond donors (Lipinski definition) is 1. The summed E-state index contributed by atoms with van der Waals surface area (Å²) in [7, 11) is 0. The van der Waals surface area contributed by atoms with Gasteiger partial charge >= 0.3 is 5.63 Å². The highest BCUT2D eigenvalue weighted by atomic mass is 79.9. The van der Waals surface area contributed by atoms with Crippen LogP contribution >= 0.6 is 15.9 Å². The number of nitro benzene ring substituents is 1. The van der Waals surface area contributed by atoms with Crippen molar-refractivity contribution in [2.75, 3.05) is 5.32 Å². The summed E-state index contributed by atoms with van der Waals surface area (Å²) < 4.78 is 5.31. The van der Waals surface area contributed by atoms with E-state index in [1.807, 2.05) is 0 Å². The summed E-state index contributed by atoms with van der Waals surface area (Å²) in [5.41, 5.74) is -0.753. The molecule has 19 heavy (non-hydrogen) atoms. The first kappa shape index (κ1) is 13.2. The summed E-state index contributed by atoms with van der Waals surface area (Å²) in [6.45, 7) is 1.24. The smallest absolute Gasteiger partial charge is 0.360 e. The Bertz CT molecular complexity index is 753. The van der Waals surface area contributed by atoms with Gasteiger partial charge in [-0.25, -0.2) is 4.79 Å². The Labute approximate surface area is 114 Å². The van der Waals surface area contributed by atoms with Crippen molar-refractivity contribution in [2.45, 2.75) is 6.92 Å². The van der Waals surface area contributed by atoms with Crippen molar-refractivity contribution in [3.63, 3.8) is 0 Å². The minimum atomic E-state index is -0.725. The number of nitrogens with one attached hydrogen (secondary N) is 1. The van der Waals surface area contributed by atoms with Crippen LogP contribution in [0.4, 0.5) is 11.4 Å². The number of halogens is 1. The zero-order valence-electron chi connectivity index (χ0n) is 9.60. The molecule has 0 saturated heterocycles. The van der Waals surface area contributed by atoms with Gasteiger partial charge in [0.15, 0.2) is 5.58 Å². The summed E-state index contributed by atoms with van der Waals surface area (Å²) in [4.78, 5) is 32.7. The minimum Gasteiger partial charge on any atom is -0.420 e. The maximum Gasteiger partial charge on any atom is 0.360 e. The highest BCUT2D eigenvalue weighted by molar-refractivity contribution is 9.10. The average Bonchev–Trinajstić information content (AvgIpc) is 2.30. The summed E-state index contributed by atoms with van der Waals surface area (Å²) in [6, 6.07) is 3.83. The van der Waals surface area contributed by atoms with Gasteiger partial charge in [0.25, 0.3) is 5.69 Å². The molecule has 2 rings (SSSR count). The summed E-state index contributed by atoms with van der Waals surface area (Å²) >= 11 is 3.10. The second-order valence-corrected chi connectivity index (χ2v) is 4.59. The van der Waals surface area contributed by atoms with E-state index in [9.17, 15) is 19.7 Å². The van der Waals surface area contributed by atoms with E-state index in [-0.39, 0.29) is 17.0 Å². The first-order chi connectivity index (χ1) is 8.88. The second kappa shape index (κ2) is 4.81. The van der Waals surface area contributed by atoms with Crippen molar-refractivity contribution in [2.24, 2.45) is 0 Å². The van der Waals surface area contributed by atoms with Gasteiger partial charge in [0.2, 0.25) is 5.91 Å². The number of rotatable bonds is 2. The molecule has 0 fully saturated rings. The van der Waals surface area contributed by atoms with E-state index in [2.05, 4.69) is 21.2 Å². The van der Waals surface area contributed by atoms with Gasteiger partial charge in [-0.3, -0.25) is 14.9 Å². The molecule has 0 unspecified atom stereocenters. The van der Waals surface area contributed by atoms with Crippen LogP contribution < -0.4 is 10.9 Å². The number of nitro groups is 1. The molecule has 7 nitrogen and oxygen atoms in total. The van der Waals surface area contributed by atoms with Gasteiger partial charge < -0.3 is 9.73 Å². The molecule has 1 amide bonds. The van der Waals surface area contributed by atoms with Crippen LogP contribution in [0.15, 0.2) is 31.9 Å². The number of amides is 1. The Hall–Kier alpha value is -2.22. The number of fused-ring (bicyclic) bond motifs is 1. The Morgan fingerprint density at radius 2 is 2.11 bits per heavy atom. The zero-order valence-corrected chi connectivity index (χ0v) is 11.2. The SMILES string of the molecule is CC(=O)Nc1cc2cc([N+](=O)[O-])cc(Br)c2oc1=O. The molecule has 1 aromatic heterocycles.